The van der Waals surface area contributed by atoms with Gasteiger partial charge in [0.2, 0.25) is 0 Å². The van der Waals surface area contributed by atoms with Crippen LogP contribution in [0.5, 0.6) is 0 Å². The Hall–Kier alpha value is -2.09. The quantitative estimate of drug-likeness (QED) is 0.584. The van der Waals surface area contributed by atoms with Crippen LogP contribution >= 0.6 is 0 Å². The first-order valence-electron chi connectivity index (χ1n) is 4.33. The van der Waals surface area contributed by atoms with Gasteiger partial charge in [0, 0.05) is 16.7 Å². The van der Waals surface area contributed by atoms with Gasteiger partial charge in [0.25, 0.3) is 6.43 Å². The molecular formula is C11H7F2NO2. The highest BCUT2D eigenvalue weighted by atomic mass is 19.3. The van der Waals surface area contributed by atoms with E-state index in [0.29, 0.717) is 6.29 Å². The molecule has 0 radical (unpaired) electrons. The van der Waals surface area contributed by atoms with Gasteiger partial charge in [-0.05, 0) is 19.1 Å². The second-order valence-corrected chi connectivity index (χ2v) is 3.12. The summed E-state index contributed by atoms with van der Waals surface area (Å²) in [6.45, 7) is 1.10. The van der Waals surface area contributed by atoms with Crippen LogP contribution in [0.2, 0.25) is 0 Å². The monoisotopic (exact) mass is 223 g/mol. The van der Waals surface area contributed by atoms with E-state index in [9.17, 15) is 18.4 Å². The van der Waals surface area contributed by atoms with Crippen molar-refractivity contribution in [1.29, 1.82) is 5.26 Å². The number of carbonyl (C=O) groups is 2. The summed E-state index contributed by atoms with van der Waals surface area (Å²) in [5.41, 5.74) is -1.14. The minimum Gasteiger partial charge on any atom is -0.298 e. The zero-order valence-corrected chi connectivity index (χ0v) is 8.33. The van der Waals surface area contributed by atoms with Gasteiger partial charge in [0.1, 0.15) is 0 Å². The van der Waals surface area contributed by atoms with Crippen molar-refractivity contribution in [2.75, 3.05) is 0 Å². The van der Waals surface area contributed by atoms with Gasteiger partial charge in [-0.3, -0.25) is 9.59 Å². The van der Waals surface area contributed by atoms with Crippen LogP contribution in [0.25, 0.3) is 0 Å². The van der Waals surface area contributed by atoms with Crippen LogP contribution in [0.3, 0.4) is 0 Å². The number of nitrogens with zero attached hydrogens (tertiary/aromatic N) is 1. The summed E-state index contributed by atoms with van der Waals surface area (Å²) < 4.78 is 25.3. The second-order valence-electron chi connectivity index (χ2n) is 3.12. The number of benzene rings is 1. The molecule has 16 heavy (non-hydrogen) atoms. The Morgan fingerprint density at radius 2 is 2.12 bits per heavy atom. The molecule has 0 N–H and O–H groups in total. The second kappa shape index (κ2) is 4.62. The normalized spacial score (nSPS) is 9.94. The number of nitriles is 1. The van der Waals surface area contributed by atoms with Crippen LogP contribution < -0.4 is 0 Å². The fourth-order valence-electron chi connectivity index (χ4n) is 1.42. The highest BCUT2D eigenvalue weighted by molar-refractivity contribution is 6.03. The molecule has 0 aliphatic heterocycles. The predicted octanol–water partition coefficient (Wildman–Crippen LogP) is 2.51. The summed E-state index contributed by atoms with van der Waals surface area (Å²) in [7, 11) is 0. The van der Waals surface area contributed by atoms with Crippen molar-refractivity contribution in [3.63, 3.8) is 0 Å². The molecule has 1 aromatic rings. The highest BCUT2D eigenvalue weighted by Crippen LogP contribution is 2.26. The van der Waals surface area contributed by atoms with E-state index in [4.69, 9.17) is 5.26 Å². The van der Waals surface area contributed by atoms with Crippen molar-refractivity contribution in [1.82, 2.24) is 0 Å². The minimum absolute atomic E-state index is 0.0672. The lowest BCUT2D eigenvalue weighted by Gasteiger charge is -2.08. The molecule has 0 aromatic heterocycles. The van der Waals surface area contributed by atoms with Crippen molar-refractivity contribution < 1.29 is 18.4 Å². The van der Waals surface area contributed by atoms with E-state index in [-0.39, 0.29) is 16.7 Å². The number of hydrogen-bond donors (Lipinski definition) is 0. The summed E-state index contributed by atoms with van der Waals surface area (Å²) >= 11 is 0. The van der Waals surface area contributed by atoms with Gasteiger partial charge in [0.15, 0.2) is 12.1 Å². The third-order valence-corrected chi connectivity index (χ3v) is 2.04. The van der Waals surface area contributed by atoms with Crippen LogP contribution in [0, 0.1) is 11.3 Å². The number of ketones is 1. The predicted molar refractivity (Wildman–Crippen MR) is 51.5 cm³/mol. The molecular weight excluding hydrogens is 216 g/mol. The van der Waals surface area contributed by atoms with E-state index in [1.165, 1.54) is 0 Å². The van der Waals surface area contributed by atoms with Gasteiger partial charge < -0.3 is 0 Å². The van der Waals surface area contributed by atoms with Crippen molar-refractivity contribution in [2.45, 2.75) is 13.3 Å². The van der Waals surface area contributed by atoms with E-state index in [1.54, 1.807) is 6.07 Å². The molecule has 0 unspecified atom stereocenters. The Labute approximate surface area is 90.3 Å². The number of aldehydes is 1. The molecule has 0 bridgehead atoms. The number of rotatable bonds is 3. The van der Waals surface area contributed by atoms with Gasteiger partial charge in [-0.2, -0.15) is 5.26 Å². The summed E-state index contributed by atoms with van der Waals surface area (Å²) in [4.78, 5) is 21.8. The Morgan fingerprint density at radius 1 is 1.50 bits per heavy atom. The van der Waals surface area contributed by atoms with Crippen LogP contribution in [0.1, 0.15) is 45.2 Å². The minimum atomic E-state index is -2.90. The van der Waals surface area contributed by atoms with Gasteiger partial charge in [0.05, 0.1) is 11.6 Å². The lowest BCUT2D eigenvalue weighted by atomic mass is 9.96. The number of alkyl halides is 2. The van der Waals surface area contributed by atoms with E-state index in [1.807, 2.05) is 0 Å². The summed E-state index contributed by atoms with van der Waals surface area (Å²) in [6, 6.07) is 3.71. The maximum Gasteiger partial charge on any atom is 0.264 e. The third kappa shape index (κ3) is 2.11. The van der Waals surface area contributed by atoms with Crippen LogP contribution in [0.15, 0.2) is 12.1 Å². The lowest BCUT2D eigenvalue weighted by Crippen LogP contribution is -2.06. The van der Waals surface area contributed by atoms with E-state index < -0.39 is 17.8 Å². The van der Waals surface area contributed by atoms with Gasteiger partial charge in [-0.1, -0.05) is 0 Å². The number of carbonyl (C=O) groups excluding carboxylic acids is 2. The summed E-state index contributed by atoms with van der Waals surface area (Å²) in [5, 5.41) is 8.60. The summed E-state index contributed by atoms with van der Waals surface area (Å²) in [5.74, 6) is -0.623. The fraction of sp³-hybridized carbons (Fsp3) is 0.182. The highest BCUT2D eigenvalue weighted by Gasteiger charge is 2.20. The Kier molecular flexibility index (Phi) is 3.46. The Bertz CT molecular complexity index is 489. The molecule has 0 atom stereocenters. The number of halogens is 2. The third-order valence-electron chi connectivity index (χ3n) is 2.04. The Balaban J connectivity index is 3.61. The molecule has 3 nitrogen and oxygen atoms in total. The fourth-order valence-corrected chi connectivity index (χ4v) is 1.42. The molecule has 82 valence electrons. The van der Waals surface area contributed by atoms with E-state index in [0.717, 1.165) is 19.1 Å². The van der Waals surface area contributed by atoms with Gasteiger partial charge >= 0.3 is 0 Å². The van der Waals surface area contributed by atoms with Crippen molar-refractivity contribution >= 4 is 12.1 Å². The molecule has 5 heteroatoms. The molecule has 0 spiro atoms. The first kappa shape index (κ1) is 12.0. The van der Waals surface area contributed by atoms with Crippen molar-refractivity contribution in [3.8, 4) is 6.07 Å². The molecule has 0 heterocycles. The average Bonchev–Trinajstić information content (AvgIpc) is 2.26. The van der Waals surface area contributed by atoms with E-state index in [2.05, 4.69) is 0 Å². The van der Waals surface area contributed by atoms with Crippen LogP contribution in [-0.4, -0.2) is 12.1 Å². The zero-order valence-electron chi connectivity index (χ0n) is 8.33. The largest absolute Gasteiger partial charge is 0.298 e. The molecule has 0 aliphatic rings. The smallest absolute Gasteiger partial charge is 0.264 e. The van der Waals surface area contributed by atoms with Gasteiger partial charge in [-0.25, -0.2) is 8.78 Å². The van der Waals surface area contributed by atoms with E-state index >= 15 is 0 Å². The van der Waals surface area contributed by atoms with Crippen LogP contribution in [0.4, 0.5) is 8.78 Å². The molecule has 0 fully saturated rings. The topological polar surface area (TPSA) is 57.9 Å². The lowest BCUT2D eigenvalue weighted by molar-refractivity contribution is 0.0991. The molecule has 0 aliphatic carbocycles. The summed E-state index contributed by atoms with van der Waals surface area (Å²) in [6.07, 6.45) is -2.60. The maximum atomic E-state index is 12.6. The maximum absolute atomic E-state index is 12.6. The standard InChI is InChI=1S/C11H7F2NO2/c1-6(16)10-8(5-15)2-7(4-14)3-9(10)11(12)13/h2-3,5,11H,1H3. The first-order chi connectivity index (χ1) is 7.51. The number of hydrogen-bond acceptors (Lipinski definition) is 3. The molecule has 0 amide bonds. The molecule has 1 aromatic carbocycles. The Morgan fingerprint density at radius 3 is 2.50 bits per heavy atom. The first-order valence-corrected chi connectivity index (χ1v) is 4.33. The van der Waals surface area contributed by atoms with Crippen LogP contribution in [-0.2, 0) is 0 Å². The average molecular weight is 223 g/mol. The zero-order chi connectivity index (χ0) is 12.3. The molecule has 0 saturated carbocycles. The molecule has 0 saturated heterocycles. The van der Waals surface area contributed by atoms with Crippen molar-refractivity contribution in [2.24, 2.45) is 0 Å². The SMILES string of the molecule is CC(=O)c1c(C=O)cc(C#N)cc1C(F)F. The van der Waals surface area contributed by atoms with Gasteiger partial charge in [-0.15, -0.1) is 0 Å². The molecule has 1 rings (SSSR count). The van der Waals surface area contributed by atoms with Crippen molar-refractivity contribution in [3.05, 3.63) is 34.4 Å². The number of Topliss-reactive ketones (excluding diaryl/α,β-unsaturated/α-hetero) is 1.